The molecule has 2 saturated heterocycles. The lowest BCUT2D eigenvalue weighted by Crippen LogP contribution is -2.51. The second kappa shape index (κ2) is 10.3. The molecule has 2 aliphatic heterocycles. The van der Waals surface area contributed by atoms with E-state index in [0.717, 1.165) is 42.3 Å². The number of hydrogen-bond acceptors (Lipinski definition) is 3. The zero-order chi connectivity index (χ0) is 21.8. The second-order valence-electron chi connectivity index (χ2n) is 8.64. The molecular weight excluding hydrogens is 455 g/mol. The number of carbonyl (C=O) groups excluding carboxylic acids is 1. The Morgan fingerprint density at radius 3 is 2.68 bits per heavy atom. The van der Waals surface area contributed by atoms with Gasteiger partial charge < -0.3 is 15.0 Å². The van der Waals surface area contributed by atoms with E-state index in [-0.39, 0.29) is 12.3 Å². The van der Waals surface area contributed by atoms with E-state index >= 15 is 0 Å². The number of piperidine rings is 2. The maximum Gasteiger partial charge on any atom is 0.234 e. The first-order chi connectivity index (χ1) is 14.9. The summed E-state index contributed by atoms with van der Waals surface area (Å²) < 4.78 is 4.30. The van der Waals surface area contributed by atoms with Crippen molar-refractivity contribution in [3.05, 3.63) is 48.0 Å². The van der Waals surface area contributed by atoms with Crippen molar-refractivity contribution in [3.8, 4) is 0 Å². The lowest BCUT2D eigenvalue weighted by Gasteiger charge is -2.44. The summed E-state index contributed by atoms with van der Waals surface area (Å²) in [5, 5.41) is 4.95. The van der Waals surface area contributed by atoms with Gasteiger partial charge >= 0.3 is 0 Å². The summed E-state index contributed by atoms with van der Waals surface area (Å²) in [4.78, 5) is 15.4. The minimum Gasteiger partial charge on any atom is -0.354 e. The van der Waals surface area contributed by atoms with Gasteiger partial charge in [-0.05, 0) is 61.0 Å². The predicted molar refractivity (Wildman–Crippen MR) is 128 cm³/mol. The molecule has 4 nitrogen and oxygen atoms in total. The van der Waals surface area contributed by atoms with Crippen LogP contribution in [0, 0.1) is 5.92 Å². The molecule has 3 atom stereocenters. The van der Waals surface area contributed by atoms with Crippen LogP contribution in [0.5, 0.6) is 0 Å². The minimum absolute atomic E-state index is 0.196. The first kappa shape index (κ1) is 23.1. The molecule has 0 bridgehead atoms. The van der Waals surface area contributed by atoms with Crippen LogP contribution in [0.25, 0.3) is 10.8 Å². The number of rotatable bonds is 6. The molecule has 2 aromatic carbocycles. The van der Waals surface area contributed by atoms with Crippen LogP contribution in [0.15, 0.2) is 42.5 Å². The van der Waals surface area contributed by atoms with Crippen LogP contribution >= 0.6 is 34.8 Å². The van der Waals surface area contributed by atoms with E-state index in [0.29, 0.717) is 18.6 Å². The predicted octanol–water partition coefficient (Wildman–Crippen LogP) is 5.48. The van der Waals surface area contributed by atoms with Gasteiger partial charge in [-0.25, -0.2) is 0 Å². The molecule has 31 heavy (non-hydrogen) atoms. The lowest BCUT2D eigenvalue weighted by atomic mass is 9.84. The Labute approximate surface area is 199 Å². The van der Waals surface area contributed by atoms with E-state index in [1.165, 1.54) is 19.3 Å². The topological polar surface area (TPSA) is 41.6 Å². The summed E-state index contributed by atoms with van der Waals surface area (Å²) >= 11 is 18.5. The average Bonchev–Trinajstić information content (AvgIpc) is 2.76. The van der Waals surface area contributed by atoms with Crippen molar-refractivity contribution in [2.45, 2.75) is 54.6 Å². The Hall–Kier alpha value is -1.04. The van der Waals surface area contributed by atoms with Gasteiger partial charge in [0.1, 0.15) is 0 Å². The van der Waals surface area contributed by atoms with Gasteiger partial charge in [0.15, 0.2) is 6.23 Å². The standard InChI is InChI=1S/C24H29Cl3N2O2/c25-24(26,27)23(31-16-19-10-6-14-29-13-4-3-12-21(19)29)28-22(30)15-18-9-5-8-17-7-1-2-11-20(17)18/h1-2,5,7-9,11,19,21,23H,3-4,6,10,12-16H2,(H,28,30)/t19-,21-,23+/m1/s1. The van der Waals surface area contributed by atoms with Gasteiger partial charge in [-0.15, -0.1) is 0 Å². The molecule has 168 valence electrons. The third-order valence-corrected chi connectivity index (χ3v) is 7.12. The van der Waals surface area contributed by atoms with E-state index in [1.54, 1.807) is 0 Å². The Kier molecular flexibility index (Phi) is 7.66. The van der Waals surface area contributed by atoms with Crippen LogP contribution in [0.3, 0.4) is 0 Å². The summed E-state index contributed by atoms with van der Waals surface area (Å²) in [5.74, 6) is 0.175. The van der Waals surface area contributed by atoms with Crippen molar-refractivity contribution < 1.29 is 9.53 Å². The Morgan fingerprint density at radius 1 is 1.06 bits per heavy atom. The van der Waals surface area contributed by atoms with E-state index in [2.05, 4.69) is 10.2 Å². The largest absolute Gasteiger partial charge is 0.354 e. The van der Waals surface area contributed by atoms with Crippen molar-refractivity contribution in [1.82, 2.24) is 10.2 Å². The Morgan fingerprint density at radius 2 is 1.84 bits per heavy atom. The SMILES string of the molecule is O=C(Cc1cccc2ccccc12)N[C@@H](OC[C@H]1CCCN2CCCC[C@H]12)C(Cl)(Cl)Cl. The molecule has 2 aromatic rings. The molecule has 2 aliphatic rings. The number of nitrogens with one attached hydrogen (secondary N) is 1. The maximum absolute atomic E-state index is 12.8. The van der Waals surface area contributed by atoms with Crippen LogP contribution in [0.4, 0.5) is 0 Å². The molecule has 0 spiro atoms. The quantitative estimate of drug-likeness (QED) is 0.437. The second-order valence-corrected chi connectivity index (χ2v) is 11.0. The minimum atomic E-state index is -1.74. The monoisotopic (exact) mass is 482 g/mol. The average molecular weight is 484 g/mol. The van der Waals surface area contributed by atoms with Crippen molar-refractivity contribution in [2.24, 2.45) is 5.92 Å². The molecule has 2 fully saturated rings. The van der Waals surface area contributed by atoms with Crippen molar-refractivity contribution in [3.63, 3.8) is 0 Å². The van der Waals surface area contributed by atoms with Gasteiger partial charge in [-0.3, -0.25) is 4.79 Å². The summed E-state index contributed by atoms with van der Waals surface area (Å²) in [6.07, 6.45) is 5.20. The third-order valence-electron chi connectivity index (χ3n) is 6.53. The summed E-state index contributed by atoms with van der Waals surface area (Å²) in [5.41, 5.74) is 0.934. The highest BCUT2D eigenvalue weighted by Gasteiger charge is 2.38. The molecule has 0 aromatic heterocycles. The number of fused-ring (bicyclic) bond motifs is 2. The molecule has 1 N–H and O–H groups in total. The summed E-state index contributed by atoms with van der Waals surface area (Å²) in [6, 6.07) is 14.5. The molecule has 1 amide bonds. The smallest absolute Gasteiger partial charge is 0.234 e. The number of amides is 1. The molecule has 0 radical (unpaired) electrons. The highest BCUT2D eigenvalue weighted by Crippen LogP contribution is 2.34. The van der Waals surface area contributed by atoms with Gasteiger partial charge in [0.25, 0.3) is 0 Å². The van der Waals surface area contributed by atoms with Crippen molar-refractivity contribution >= 4 is 51.5 Å². The summed E-state index contributed by atoms with van der Waals surface area (Å²) in [6.45, 7) is 2.81. The van der Waals surface area contributed by atoms with Crippen molar-refractivity contribution in [2.75, 3.05) is 19.7 Å². The first-order valence-corrected chi connectivity index (χ1v) is 12.2. The van der Waals surface area contributed by atoms with Crippen LogP contribution in [-0.4, -0.2) is 46.6 Å². The number of halogens is 3. The fourth-order valence-electron chi connectivity index (χ4n) is 5.03. The molecule has 0 aliphatic carbocycles. The van der Waals surface area contributed by atoms with E-state index in [4.69, 9.17) is 39.5 Å². The number of hydrogen-bond donors (Lipinski definition) is 1. The molecule has 0 saturated carbocycles. The molecular formula is C24H29Cl3N2O2. The zero-order valence-electron chi connectivity index (χ0n) is 17.5. The zero-order valence-corrected chi connectivity index (χ0v) is 19.8. The van der Waals surface area contributed by atoms with Crippen LogP contribution < -0.4 is 5.32 Å². The van der Waals surface area contributed by atoms with E-state index in [1.807, 2.05) is 42.5 Å². The third kappa shape index (κ3) is 5.85. The number of ether oxygens (including phenoxy) is 1. The fraction of sp³-hybridized carbons (Fsp3) is 0.542. The van der Waals surface area contributed by atoms with Crippen LogP contribution in [0.1, 0.15) is 37.7 Å². The molecule has 7 heteroatoms. The van der Waals surface area contributed by atoms with Crippen LogP contribution in [0.2, 0.25) is 0 Å². The molecule has 0 unspecified atom stereocenters. The van der Waals surface area contributed by atoms with Gasteiger partial charge in [-0.2, -0.15) is 0 Å². The van der Waals surface area contributed by atoms with Gasteiger partial charge in [0, 0.05) is 6.04 Å². The first-order valence-electron chi connectivity index (χ1n) is 11.1. The summed E-state index contributed by atoms with van der Waals surface area (Å²) in [7, 11) is 0. The van der Waals surface area contributed by atoms with Crippen LogP contribution in [-0.2, 0) is 16.0 Å². The highest BCUT2D eigenvalue weighted by molar-refractivity contribution is 6.68. The Bertz CT molecular complexity index is 895. The number of carbonyl (C=O) groups is 1. The Balaban J connectivity index is 1.39. The molecule has 4 rings (SSSR count). The lowest BCUT2D eigenvalue weighted by molar-refractivity contribution is -0.125. The highest BCUT2D eigenvalue weighted by atomic mass is 35.6. The fourth-order valence-corrected chi connectivity index (χ4v) is 5.38. The van der Waals surface area contributed by atoms with Gasteiger partial charge in [0.05, 0.1) is 13.0 Å². The number of alkyl halides is 3. The van der Waals surface area contributed by atoms with E-state index in [9.17, 15) is 4.79 Å². The van der Waals surface area contributed by atoms with Crippen molar-refractivity contribution in [1.29, 1.82) is 0 Å². The molecule has 2 heterocycles. The van der Waals surface area contributed by atoms with Gasteiger partial charge in [0.2, 0.25) is 9.70 Å². The maximum atomic E-state index is 12.8. The normalized spacial score (nSPS) is 23.3. The van der Waals surface area contributed by atoms with Gasteiger partial charge in [-0.1, -0.05) is 83.7 Å². The van der Waals surface area contributed by atoms with E-state index < -0.39 is 10.0 Å². The number of nitrogens with zero attached hydrogens (tertiary/aromatic N) is 1. The number of benzene rings is 2.